The van der Waals surface area contributed by atoms with Crippen LogP contribution in [0, 0.1) is 0 Å². The maximum atomic E-state index is 11.7. The molecule has 0 unspecified atom stereocenters. The standard InChI is InChI=1S/C13H19NO3/c1-13(2,6-7-15)14-12(17)9-10-4-3-5-11(16)8-10/h3-5,8,15-16H,6-7,9H2,1-2H3,(H,14,17). The lowest BCUT2D eigenvalue weighted by Gasteiger charge is -2.25. The first-order valence-electron chi connectivity index (χ1n) is 5.63. The number of carbonyl (C=O) groups is 1. The van der Waals surface area contributed by atoms with Crippen molar-refractivity contribution < 1.29 is 15.0 Å². The van der Waals surface area contributed by atoms with Gasteiger partial charge in [-0.1, -0.05) is 12.1 Å². The summed E-state index contributed by atoms with van der Waals surface area (Å²) in [6.45, 7) is 3.77. The van der Waals surface area contributed by atoms with Gasteiger partial charge in [0.25, 0.3) is 0 Å². The van der Waals surface area contributed by atoms with Crippen LogP contribution in [0.3, 0.4) is 0 Å². The molecule has 0 bridgehead atoms. The molecule has 1 aromatic rings. The molecule has 4 heteroatoms. The van der Waals surface area contributed by atoms with E-state index in [0.717, 1.165) is 5.56 Å². The third-order valence-corrected chi connectivity index (χ3v) is 2.49. The van der Waals surface area contributed by atoms with E-state index >= 15 is 0 Å². The normalized spacial score (nSPS) is 11.2. The molecule has 4 nitrogen and oxygen atoms in total. The zero-order chi connectivity index (χ0) is 12.9. The molecule has 0 spiro atoms. The Morgan fingerprint density at radius 1 is 1.41 bits per heavy atom. The van der Waals surface area contributed by atoms with Gasteiger partial charge in [0.1, 0.15) is 5.75 Å². The van der Waals surface area contributed by atoms with Gasteiger partial charge in [0.15, 0.2) is 0 Å². The first kappa shape index (κ1) is 13.5. The van der Waals surface area contributed by atoms with Crippen molar-refractivity contribution in [3.8, 4) is 5.75 Å². The lowest BCUT2D eigenvalue weighted by molar-refractivity contribution is -0.122. The lowest BCUT2D eigenvalue weighted by atomic mass is 10.0. The third kappa shape index (κ3) is 4.87. The Kier molecular flexibility index (Phi) is 4.52. The number of hydrogen-bond acceptors (Lipinski definition) is 3. The fraction of sp³-hybridized carbons (Fsp3) is 0.462. The summed E-state index contributed by atoms with van der Waals surface area (Å²) in [5.74, 6) is 0.0407. The second kappa shape index (κ2) is 5.68. The van der Waals surface area contributed by atoms with Crippen molar-refractivity contribution in [2.24, 2.45) is 0 Å². The van der Waals surface area contributed by atoms with Gasteiger partial charge in [-0.25, -0.2) is 0 Å². The number of nitrogens with one attached hydrogen (secondary N) is 1. The van der Waals surface area contributed by atoms with E-state index in [9.17, 15) is 9.90 Å². The van der Waals surface area contributed by atoms with E-state index in [2.05, 4.69) is 5.32 Å². The van der Waals surface area contributed by atoms with Crippen molar-refractivity contribution >= 4 is 5.91 Å². The van der Waals surface area contributed by atoms with Crippen LogP contribution in [0.2, 0.25) is 0 Å². The van der Waals surface area contributed by atoms with Crippen LogP contribution in [-0.2, 0) is 11.2 Å². The zero-order valence-electron chi connectivity index (χ0n) is 10.2. The SMILES string of the molecule is CC(C)(CCO)NC(=O)Cc1cccc(O)c1. The summed E-state index contributed by atoms with van der Waals surface area (Å²) in [6.07, 6.45) is 0.738. The van der Waals surface area contributed by atoms with Gasteiger partial charge in [0.05, 0.1) is 6.42 Å². The smallest absolute Gasteiger partial charge is 0.224 e. The molecular weight excluding hydrogens is 218 g/mol. The minimum atomic E-state index is -0.414. The maximum absolute atomic E-state index is 11.7. The number of phenols is 1. The molecular formula is C13H19NO3. The molecule has 0 aliphatic heterocycles. The second-order valence-corrected chi connectivity index (χ2v) is 4.75. The molecule has 0 heterocycles. The topological polar surface area (TPSA) is 69.6 Å². The molecule has 0 atom stereocenters. The Labute approximate surface area is 101 Å². The lowest BCUT2D eigenvalue weighted by Crippen LogP contribution is -2.44. The van der Waals surface area contributed by atoms with Crippen molar-refractivity contribution in [2.45, 2.75) is 32.2 Å². The first-order valence-corrected chi connectivity index (χ1v) is 5.63. The summed E-state index contributed by atoms with van der Waals surface area (Å²) in [4.78, 5) is 11.7. The van der Waals surface area contributed by atoms with Crippen LogP contribution in [-0.4, -0.2) is 28.3 Å². The van der Waals surface area contributed by atoms with E-state index < -0.39 is 5.54 Å². The van der Waals surface area contributed by atoms with Crippen molar-refractivity contribution in [1.29, 1.82) is 0 Å². The quantitative estimate of drug-likeness (QED) is 0.721. The van der Waals surface area contributed by atoms with Crippen LogP contribution < -0.4 is 5.32 Å². The average molecular weight is 237 g/mol. The van der Waals surface area contributed by atoms with E-state index in [1.807, 2.05) is 13.8 Å². The zero-order valence-corrected chi connectivity index (χ0v) is 10.2. The van der Waals surface area contributed by atoms with E-state index in [1.165, 1.54) is 0 Å². The minimum absolute atomic E-state index is 0.0411. The van der Waals surface area contributed by atoms with Crippen molar-refractivity contribution in [3.05, 3.63) is 29.8 Å². The summed E-state index contributed by atoms with van der Waals surface area (Å²) in [5, 5.41) is 21.0. The maximum Gasteiger partial charge on any atom is 0.224 e. The van der Waals surface area contributed by atoms with Crippen LogP contribution in [0.25, 0.3) is 0 Å². The Bertz CT molecular complexity index is 388. The van der Waals surface area contributed by atoms with Gasteiger partial charge >= 0.3 is 0 Å². The predicted octanol–water partition coefficient (Wildman–Crippen LogP) is 1.21. The molecule has 1 rings (SSSR count). The summed E-state index contributed by atoms with van der Waals surface area (Å²) in [5.41, 5.74) is 0.352. The highest BCUT2D eigenvalue weighted by molar-refractivity contribution is 5.79. The summed E-state index contributed by atoms with van der Waals surface area (Å²) >= 11 is 0. The molecule has 0 radical (unpaired) electrons. The van der Waals surface area contributed by atoms with Crippen LogP contribution in [0.1, 0.15) is 25.8 Å². The molecule has 0 saturated carbocycles. The highest BCUT2D eigenvalue weighted by Gasteiger charge is 2.19. The van der Waals surface area contributed by atoms with Gasteiger partial charge in [-0.05, 0) is 38.0 Å². The Morgan fingerprint density at radius 2 is 2.12 bits per heavy atom. The van der Waals surface area contributed by atoms with Gasteiger partial charge in [-0.15, -0.1) is 0 Å². The fourth-order valence-corrected chi connectivity index (χ4v) is 1.62. The van der Waals surface area contributed by atoms with Gasteiger partial charge < -0.3 is 15.5 Å². The number of carbonyl (C=O) groups excluding carboxylic acids is 1. The number of phenolic OH excluding ortho intramolecular Hbond substituents is 1. The average Bonchev–Trinajstić information content (AvgIpc) is 2.15. The Balaban J connectivity index is 2.55. The van der Waals surface area contributed by atoms with E-state index in [1.54, 1.807) is 24.3 Å². The number of hydrogen-bond donors (Lipinski definition) is 3. The largest absolute Gasteiger partial charge is 0.508 e. The van der Waals surface area contributed by atoms with Crippen molar-refractivity contribution in [1.82, 2.24) is 5.32 Å². The number of rotatable bonds is 5. The van der Waals surface area contributed by atoms with Crippen LogP contribution in [0.15, 0.2) is 24.3 Å². The number of amides is 1. The van der Waals surface area contributed by atoms with Crippen LogP contribution in [0.4, 0.5) is 0 Å². The molecule has 0 fully saturated rings. The van der Waals surface area contributed by atoms with E-state index in [0.29, 0.717) is 6.42 Å². The number of aromatic hydroxyl groups is 1. The van der Waals surface area contributed by atoms with E-state index in [4.69, 9.17) is 5.11 Å². The predicted molar refractivity (Wildman–Crippen MR) is 65.7 cm³/mol. The highest BCUT2D eigenvalue weighted by Crippen LogP contribution is 2.12. The Hall–Kier alpha value is -1.55. The molecule has 3 N–H and O–H groups in total. The molecule has 0 saturated heterocycles. The van der Waals surface area contributed by atoms with Crippen molar-refractivity contribution in [2.75, 3.05) is 6.61 Å². The Morgan fingerprint density at radius 3 is 2.71 bits per heavy atom. The van der Waals surface area contributed by atoms with Gasteiger partial charge in [-0.2, -0.15) is 0 Å². The fourth-order valence-electron chi connectivity index (χ4n) is 1.62. The second-order valence-electron chi connectivity index (χ2n) is 4.75. The van der Waals surface area contributed by atoms with Gasteiger partial charge in [-0.3, -0.25) is 4.79 Å². The third-order valence-electron chi connectivity index (χ3n) is 2.49. The molecule has 94 valence electrons. The molecule has 0 aliphatic carbocycles. The molecule has 1 amide bonds. The molecule has 17 heavy (non-hydrogen) atoms. The monoisotopic (exact) mass is 237 g/mol. The summed E-state index contributed by atoms with van der Waals surface area (Å²) in [6, 6.07) is 6.63. The van der Waals surface area contributed by atoms with Crippen LogP contribution in [0.5, 0.6) is 5.75 Å². The number of aliphatic hydroxyl groups is 1. The summed E-state index contributed by atoms with van der Waals surface area (Å²) < 4.78 is 0. The minimum Gasteiger partial charge on any atom is -0.508 e. The van der Waals surface area contributed by atoms with Gasteiger partial charge in [0, 0.05) is 12.1 Å². The highest BCUT2D eigenvalue weighted by atomic mass is 16.3. The molecule has 0 aromatic heterocycles. The molecule has 1 aromatic carbocycles. The van der Waals surface area contributed by atoms with Gasteiger partial charge in [0.2, 0.25) is 5.91 Å². The van der Waals surface area contributed by atoms with Crippen molar-refractivity contribution in [3.63, 3.8) is 0 Å². The first-order chi connectivity index (χ1) is 7.93. The summed E-state index contributed by atoms with van der Waals surface area (Å²) in [7, 11) is 0. The molecule has 0 aliphatic rings. The van der Waals surface area contributed by atoms with Crippen LogP contribution >= 0.6 is 0 Å². The number of benzene rings is 1. The number of aliphatic hydroxyl groups excluding tert-OH is 1. The van der Waals surface area contributed by atoms with E-state index in [-0.39, 0.29) is 24.7 Å².